The predicted octanol–water partition coefficient (Wildman–Crippen LogP) is 2.36. The number of nitrogens with one attached hydrogen (secondary N) is 3. The summed E-state index contributed by atoms with van der Waals surface area (Å²) in [5.74, 6) is 0.109. The van der Waals surface area contributed by atoms with Crippen LogP contribution in [0.5, 0.6) is 0 Å². The monoisotopic (exact) mass is 557 g/mol. The van der Waals surface area contributed by atoms with E-state index in [4.69, 9.17) is 25.3 Å². The molecule has 0 radical (unpaired) electrons. The quantitative estimate of drug-likeness (QED) is 0.197. The number of hydrogen-bond donors (Lipinski definition) is 5. The number of rotatable bonds is 13. The molecule has 0 aliphatic rings. The molecular weight excluding hydrogens is 518 g/mol. The predicted molar refractivity (Wildman–Crippen MR) is 151 cm³/mol. The average molecular weight is 558 g/mol. The minimum absolute atomic E-state index is 0.184. The van der Waals surface area contributed by atoms with Gasteiger partial charge in [-0.25, -0.2) is 14.8 Å². The van der Waals surface area contributed by atoms with E-state index in [1.165, 1.54) is 13.8 Å². The summed E-state index contributed by atoms with van der Waals surface area (Å²) in [7, 11) is 0. The third kappa shape index (κ3) is 7.43. The lowest BCUT2D eigenvalue weighted by Gasteiger charge is -2.28. The lowest BCUT2D eigenvalue weighted by Crippen LogP contribution is -2.55. The zero-order chi connectivity index (χ0) is 29.7. The Balaban J connectivity index is 1.91. The lowest BCUT2D eigenvalue weighted by molar-refractivity contribution is -0.127. The first kappa shape index (κ1) is 30.7. The summed E-state index contributed by atoms with van der Waals surface area (Å²) >= 11 is 0. The van der Waals surface area contributed by atoms with Crippen molar-refractivity contribution < 1.29 is 29.0 Å². The van der Waals surface area contributed by atoms with Crippen molar-refractivity contribution in [1.29, 1.82) is 0 Å². The molecule has 0 bridgehead atoms. The molecule has 3 aromatic rings. The smallest absolute Gasteiger partial charge is 0.405 e. The number of carbonyl (C=O) groups is 3. The standard InChI is InChI=1S/C27H39N7O6/c1-7-39-14-19-31-20-21(17-10-8-9-11-18(17)30-22(20)32-23(35)16(2)28)34(19)15-26(3,4)40-13-12-29-24(36)27(5,6)33-25(37)38/h8-11,16,33H,7,12-15,28H2,1-6H3,(H,29,36)(H,37,38)(H,30,32,35)/t16-/m0/s1. The maximum atomic E-state index is 12.5. The topological polar surface area (TPSA) is 183 Å². The van der Waals surface area contributed by atoms with E-state index in [-0.39, 0.29) is 25.7 Å². The largest absolute Gasteiger partial charge is 0.465 e. The van der Waals surface area contributed by atoms with Crippen LogP contribution in [0.15, 0.2) is 24.3 Å². The summed E-state index contributed by atoms with van der Waals surface area (Å²) in [6, 6.07) is 6.86. The van der Waals surface area contributed by atoms with Gasteiger partial charge in [-0.05, 0) is 47.6 Å². The Morgan fingerprint density at radius 2 is 1.85 bits per heavy atom. The molecule has 0 aliphatic heterocycles. The summed E-state index contributed by atoms with van der Waals surface area (Å²) in [6.45, 7) is 11.8. The minimum Gasteiger partial charge on any atom is -0.465 e. The molecule has 13 heteroatoms. The van der Waals surface area contributed by atoms with Crippen LogP contribution < -0.4 is 21.7 Å². The second-order valence-electron chi connectivity index (χ2n) is 10.6. The number of benzene rings is 1. The highest BCUT2D eigenvalue weighted by molar-refractivity contribution is 6.10. The number of carboxylic acid groups (broad SMARTS) is 1. The van der Waals surface area contributed by atoms with E-state index in [9.17, 15) is 14.4 Å². The molecule has 0 unspecified atom stereocenters. The molecule has 1 aromatic carbocycles. The first-order chi connectivity index (χ1) is 18.8. The van der Waals surface area contributed by atoms with Crippen molar-refractivity contribution in [3.8, 4) is 0 Å². The van der Waals surface area contributed by atoms with Crippen LogP contribution in [0.3, 0.4) is 0 Å². The van der Waals surface area contributed by atoms with Gasteiger partial charge in [0.05, 0.1) is 35.8 Å². The molecule has 3 rings (SSSR count). The van der Waals surface area contributed by atoms with Gasteiger partial charge in [0.25, 0.3) is 0 Å². The highest BCUT2D eigenvalue weighted by Gasteiger charge is 2.30. The molecule has 2 aromatic heterocycles. The number of nitrogens with zero attached hydrogens (tertiary/aromatic N) is 3. The van der Waals surface area contributed by atoms with E-state index in [1.54, 1.807) is 6.92 Å². The maximum absolute atomic E-state index is 12.5. The van der Waals surface area contributed by atoms with Crippen molar-refractivity contribution in [3.05, 3.63) is 30.1 Å². The molecule has 2 heterocycles. The van der Waals surface area contributed by atoms with E-state index in [1.807, 2.05) is 49.6 Å². The molecule has 0 aliphatic carbocycles. The van der Waals surface area contributed by atoms with Crippen LogP contribution in [0.2, 0.25) is 0 Å². The Labute approximate surface area is 232 Å². The number of ether oxygens (including phenoxy) is 2. The second-order valence-corrected chi connectivity index (χ2v) is 10.6. The molecule has 0 fully saturated rings. The van der Waals surface area contributed by atoms with Gasteiger partial charge in [0.2, 0.25) is 11.8 Å². The van der Waals surface area contributed by atoms with Crippen molar-refractivity contribution >= 4 is 45.7 Å². The summed E-state index contributed by atoms with van der Waals surface area (Å²) in [5.41, 5.74) is 5.75. The number of fused-ring (bicyclic) bond motifs is 3. The number of aromatic nitrogens is 3. The van der Waals surface area contributed by atoms with Crippen molar-refractivity contribution in [3.63, 3.8) is 0 Å². The van der Waals surface area contributed by atoms with Crippen molar-refractivity contribution in [2.24, 2.45) is 5.73 Å². The molecule has 218 valence electrons. The lowest BCUT2D eigenvalue weighted by atomic mass is 10.1. The van der Waals surface area contributed by atoms with E-state index in [0.29, 0.717) is 35.8 Å². The fourth-order valence-corrected chi connectivity index (χ4v) is 4.14. The van der Waals surface area contributed by atoms with Crippen LogP contribution >= 0.6 is 0 Å². The molecule has 0 spiro atoms. The fourth-order valence-electron chi connectivity index (χ4n) is 4.14. The molecule has 40 heavy (non-hydrogen) atoms. The summed E-state index contributed by atoms with van der Waals surface area (Å²) in [4.78, 5) is 45.3. The number of carbonyl (C=O) groups excluding carboxylic acids is 2. The van der Waals surface area contributed by atoms with Gasteiger partial charge in [0.15, 0.2) is 5.82 Å². The van der Waals surface area contributed by atoms with Crippen molar-refractivity contribution in [2.75, 3.05) is 25.1 Å². The SMILES string of the molecule is CCOCc1nc2c(NC(=O)[C@H](C)N)nc3ccccc3c2n1CC(C)(C)OCCNC(=O)C(C)(C)NC(=O)O. The van der Waals surface area contributed by atoms with Gasteiger partial charge in [0, 0.05) is 18.5 Å². The molecular formula is C27H39N7O6. The third-order valence-corrected chi connectivity index (χ3v) is 6.16. The maximum Gasteiger partial charge on any atom is 0.405 e. The van der Waals surface area contributed by atoms with E-state index >= 15 is 0 Å². The zero-order valence-electron chi connectivity index (χ0n) is 23.8. The van der Waals surface area contributed by atoms with Crippen LogP contribution in [-0.4, -0.2) is 74.5 Å². The van der Waals surface area contributed by atoms with Gasteiger partial charge in [-0.3, -0.25) is 9.59 Å². The van der Waals surface area contributed by atoms with Gasteiger partial charge in [0.1, 0.15) is 23.5 Å². The van der Waals surface area contributed by atoms with E-state index < -0.39 is 29.2 Å². The number of hydrogen-bond acceptors (Lipinski definition) is 8. The second kappa shape index (κ2) is 12.6. The Morgan fingerprint density at radius 1 is 1.15 bits per heavy atom. The Morgan fingerprint density at radius 3 is 2.50 bits per heavy atom. The number of imidazole rings is 1. The number of nitrogens with two attached hydrogens (primary N) is 1. The molecule has 1 atom stereocenters. The van der Waals surface area contributed by atoms with Gasteiger partial charge in [-0.1, -0.05) is 18.2 Å². The van der Waals surface area contributed by atoms with Gasteiger partial charge >= 0.3 is 6.09 Å². The molecule has 0 saturated carbocycles. The normalized spacial score (nSPS) is 12.9. The van der Waals surface area contributed by atoms with Crippen LogP contribution in [0, 0.1) is 0 Å². The van der Waals surface area contributed by atoms with Crippen LogP contribution in [0.1, 0.15) is 47.4 Å². The molecule has 3 amide bonds. The third-order valence-electron chi connectivity index (χ3n) is 6.16. The van der Waals surface area contributed by atoms with E-state index in [2.05, 4.69) is 20.9 Å². The highest BCUT2D eigenvalue weighted by atomic mass is 16.5. The van der Waals surface area contributed by atoms with Crippen LogP contribution in [-0.2, 0) is 32.2 Å². The van der Waals surface area contributed by atoms with Crippen LogP contribution in [0.25, 0.3) is 21.9 Å². The number of pyridine rings is 1. The molecule has 6 N–H and O–H groups in total. The fraction of sp³-hybridized carbons (Fsp3) is 0.519. The van der Waals surface area contributed by atoms with Crippen LogP contribution in [0.4, 0.5) is 10.6 Å². The van der Waals surface area contributed by atoms with Gasteiger partial charge < -0.3 is 40.8 Å². The van der Waals surface area contributed by atoms with E-state index in [0.717, 1.165) is 10.9 Å². The number of amides is 3. The Kier molecular flexibility index (Phi) is 9.66. The average Bonchev–Trinajstić information content (AvgIpc) is 3.22. The molecule has 13 nitrogen and oxygen atoms in total. The van der Waals surface area contributed by atoms with Gasteiger partial charge in [-0.2, -0.15) is 0 Å². The zero-order valence-corrected chi connectivity index (χ0v) is 23.8. The first-order valence-electron chi connectivity index (χ1n) is 13.1. The minimum atomic E-state index is -1.28. The first-order valence-corrected chi connectivity index (χ1v) is 13.1. The van der Waals surface area contributed by atoms with Gasteiger partial charge in [-0.15, -0.1) is 0 Å². The Hall–Kier alpha value is -3.81. The number of anilines is 1. The highest BCUT2D eigenvalue weighted by Crippen LogP contribution is 2.32. The summed E-state index contributed by atoms with van der Waals surface area (Å²) < 4.78 is 13.9. The summed E-state index contributed by atoms with van der Waals surface area (Å²) in [6.07, 6.45) is -1.28. The Bertz CT molecular complexity index is 1380. The van der Waals surface area contributed by atoms with Crippen molar-refractivity contribution in [1.82, 2.24) is 25.2 Å². The summed E-state index contributed by atoms with van der Waals surface area (Å²) in [5, 5.41) is 17.5. The van der Waals surface area contributed by atoms with Crippen molar-refractivity contribution in [2.45, 2.75) is 71.9 Å². The molecule has 0 saturated heterocycles. The number of para-hydroxylation sites is 1.